The molecule has 0 aromatic rings. The van der Waals surface area contributed by atoms with Crippen LogP contribution >= 0.6 is 11.8 Å². The average Bonchev–Trinajstić information content (AvgIpc) is 2.60. The first-order valence-electron chi connectivity index (χ1n) is 4.65. The lowest BCUT2D eigenvalue weighted by atomic mass is 9.89. The zero-order valence-corrected chi connectivity index (χ0v) is 9.07. The average molecular weight is 239 g/mol. The van der Waals surface area contributed by atoms with E-state index in [1.807, 2.05) is 0 Å². The first-order chi connectivity index (χ1) is 7.58. The lowest BCUT2D eigenvalue weighted by Gasteiger charge is -2.33. The molecule has 2 amide bonds. The predicted molar refractivity (Wildman–Crippen MR) is 58.0 cm³/mol. The van der Waals surface area contributed by atoms with Crippen molar-refractivity contribution in [2.75, 3.05) is 5.75 Å². The van der Waals surface area contributed by atoms with E-state index in [1.54, 1.807) is 18.2 Å². The molecule has 0 bridgehead atoms. The van der Waals surface area contributed by atoms with Crippen molar-refractivity contribution in [3.63, 3.8) is 0 Å². The second-order valence-corrected chi connectivity index (χ2v) is 4.43. The minimum absolute atomic E-state index is 0.0193. The first-order valence-corrected chi connectivity index (χ1v) is 5.64. The van der Waals surface area contributed by atoms with Gasteiger partial charge in [-0.05, 0) is 6.08 Å². The predicted octanol–water partition coefficient (Wildman–Crippen LogP) is 1.02. The molecule has 2 rings (SSSR count). The number of carboxylic acid groups (broad SMARTS) is 1. The van der Waals surface area contributed by atoms with E-state index in [1.165, 1.54) is 6.08 Å². The third-order valence-corrected chi connectivity index (χ3v) is 3.39. The van der Waals surface area contributed by atoms with Gasteiger partial charge in [-0.15, -0.1) is 0 Å². The number of carbonyl (C=O) groups is 3. The summed E-state index contributed by atoms with van der Waals surface area (Å²) in [7, 11) is 0. The topological polar surface area (TPSA) is 74.7 Å². The maximum absolute atomic E-state index is 11.6. The molecule has 0 aromatic heterocycles. The minimum atomic E-state index is -1.54. The summed E-state index contributed by atoms with van der Waals surface area (Å²) in [4.78, 5) is 35.3. The summed E-state index contributed by atoms with van der Waals surface area (Å²) in [6.07, 6.45) is 6.38. The second kappa shape index (κ2) is 3.79. The zero-order valence-electron chi connectivity index (χ0n) is 8.25. The summed E-state index contributed by atoms with van der Waals surface area (Å²) >= 11 is 0.839. The van der Waals surface area contributed by atoms with E-state index in [2.05, 4.69) is 0 Å². The molecule has 0 saturated carbocycles. The number of aliphatic carboxylic acids is 1. The standard InChI is InChI=1S/C10H9NO4S/c12-7-6-16-9(15)11(7)10(8(13)14)4-2-1-3-5-10/h1-4H,5-6H2,(H,13,14). The number of carboxylic acids is 1. The van der Waals surface area contributed by atoms with Crippen molar-refractivity contribution in [2.24, 2.45) is 0 Å². The largest absolute Gasteiger partial charge is 0.479 e. The maximum Gasteiger partial charge on any atom is 0.334 e. The number of allylic oxidation sites excluding steroid dienone is 2. The monoisotopic (exact) mass is 239 g/mol. The summed E-state index contributed by atoms with van der Waals surface area (Å²) in [5.41, 5.74) is -1.54. The fourth-order valence-corrected chi connectivity index (χ4v) is 2.54. The second-order valence-electron chi connectivity index (χ2n) is 3.50. The summed E-state index contributed by atoms with van der Waals surface area (Å²) < 4.78 is 0. The van der Waals surface area contributed by atoms with Gasteiger partial charge in [-0.1, -0.05) is 30.0 Å². The molecule has 1 saturated heterocycles. The van der Waals surface area contributed by atoms with Gasteiger partial charge in [0.15, 0.2) is 5.54 Å². The van der Waals surface area contributed by atoms with Gasteiger partial charge < -0.3 is 5.11 Å². The SMILES string of the molecule is O=C1CSC(=O)N1C1(C(=O)O)C=CC=CC1. The molecule has 1 aliphatic heterocycles. The van der Waals surface area contributed by atoms with Crippen LogP contribution in [0, 0.1) is 0 Å². The van der Waals surface area contributed by atoms with Gasteiger partial charge in [-0.25, -0.2) is 4.79 Å². The van der Waals surface area contributed by atoms with Crippen molar-refractivity contribution in [3.8, 4) is 0 Å². The third kappa shape index (κ3) is 1.46. The molecule has 0 aromatic carbocycles. The molecule has 1 atom stereocenters. The van der Waals surface area contributed by atoms with Gasteiger partial charge in [-0.3, -0.25) is 14.5 Å². The van der Waals surface area contributed by atoms with E-state index < -0.39 is 22.7 Å². The number of rotatable bonds is 2. The Hall–Kier alpha value is -1.56. The number of nitrogens with zero attached hydrogens (tertiary/aromatic N) is 1. The van der Waals surface area contributed by atoms with Crippen molar-refractivity contribution >= 4 is 28.9 Å². The molecule has 6 heteroatoms. The summed E-state index contributed by atoms with van der Waals surface area (Å²) in [6, 6.07) is 0. The molecule has 1 unspecified atom stereocenters. The zero-order chi connectivity index (χ0) is 11.8. The Morgan fingerprint density at radius 2 is 2.19 bits per heavy atom. The highest BCUT2D eigenvalue weighted by Crippen LogP contribution is 2.33. The van der Waals surface area contributed by atoms with Gasteiger partial charge in [0, 0.05) is 6.42 Å². The van der Waals surface area contributed by atoms with Crippen molar-refractivity contribution in [1.29, 1.82) is 0 Å². The quantitative estimate of drug-likeness (QED) is 0.778. The van der Waals surface area contributed by atoms with Crippen LogP contribution in [0.1, 0.15) is 6.42 Å². The Bertz CT molecular complexity index is 413. The van der Waals surface area contributed by atoms with E-state index in [-0.39, 0.29) is 12.2 Å². The Balaban J connectivity index is 2.44. The number of thioether (sulfide) groups is 1. The van der Waals surface area contributed by atoms with Crippen LogP contribution < -0.4 is 0 Å². The van der Waals surface area contributed by atoms with E-state index in [0.717, 1.165) is 16.7 Å². The molecule has 16 heavy (non-hydrogen) atoms. The Morgan fingerprint density at radius 3 is 2.62 bits per heavy atom. The molecular weight excluding hydrogens is 230 g/mol. The molecule has 2 aliphatic rings. The molecule has 0 spiro atoms. The van der Waals surface area contributed by atoms with Gasteiger partial charge in [0.25, 0.3) is 5.24 Å². The van der Waals surface area contributed by atoms with Crippen LogP contribution in [0.3, 0.4) is 0 Å². The third-order valence-electron chi connectivity index (χ3n) is 2.57. The molecule has 0 radical (unpaired) electrons. The van der Waals surface area contributed by atoms with Gasteiger partial charge in [0.05, 0.1) is 5.75 Å². The van der Waals surface area contributed by atoms with E-state index in [0.29, 0.717) is 0 Å². The van der Waals surface area contributed by atoms with Crippen molar-refractivity contribution in [3.05, 3.63) is 24.3 Å². The number of imide groups is 1. The summed E-state index contributed by atoms with van der Waals surface area (Å²) in [5.74, 6) is -1.61. The molecule has 1 heterocycles. The maximum atomic E-state index is 11.6. The van der Waals surface area contributed by atoms with E-state index in [4.69, 9.17) is 0 Å². The smallest absolute Gasteiger partial charge is 0.334 e. The van der Waals surface area contributed by atoms with Gasteiger partial charge in [0.1, 0.15) is 0 Å². The molecule has 1 fully saturated rings. The highest BCUT2D eigenvalue weighted by molar-refractivity contribution is 8.14. The van der Waals surface area contributed by atoms with Crippen molar-refractivity contribution in [1.82, 2.24) is 4.90 Å². The highest BCUT2D eigenvalue weighted by Gasteiger charge is 2.50. The summed E-state index contributed by atoms with van der Waals surface area (Å²) in [6.45, 7) is 0. The molecule has 1 aliphatic carbocycles. The van der Waals surface area contributed by atoms with Crippen LogP contribution in [0.5, 0.6) is 0 Å². The molecule has 1 N–H and O–H groups in total. The van der Waals surface area contributed by atoms with Gasteiger partial charge in [-0.2, -0.15) is 0 Å². The van der Waals surface area contributed by atoms with E-state index >= 15 is 0 Å². The van der Waals surface area contributed by atoms with Gasteiger partial charge in [0.2, 0.25) is 5.91 Å². The number of amides is 2. The minimum Gasteiger partial charge on any atom is -0.479 e. The van der Waals surface area contributed by atoms with Crippen molar-refractivity contribution < 1.29 is 19.5 Å². The van der Waals surface area contributed by atoms with Crippen LogP contribution in [0.15, 0.2) is 24.3 Å². The lowest BCUT2D eigenvalue weighted by molar-refractivity contribution is -0.151. The van der Waals surface area contributed by atoms with Crippen molar-refractivity contribution in [2.45, 2.75) is 12.0 Å². The summed E-state index contributed by atoms with van der Waals surface area (Å²) in [5, 5.41) is 8.75. The Morgan fingerprint density at radius 1 is 1.44 bits per heavy atom. The van der Waals surface area contributed by atoms with Gasteiger partial charge >= 0.3 is 5.97 Å². The van der Waals surface area contributed by atoms with Crippen LogP contribution in [0.2, 0.25) is 0 Å². The Labute approximate surface area is 95.8 Å². The molecular formula is C10H9NO4S. The first kappa shape index (κ1) is 10.9. The van der Waals surface area contributed by atoms with Crippen LogP contribution in [0.25, 0.3) is 0 Å². The molecule has 84 valence electrons. The number of hydrogen-bond donors (Lipinski definition) is 1. The van der Waals surface area contributed by atoms with Crippen LogP contribution in [-0.2, 0) is 9.59 Å². The van der Waals surface area contributed by atoms with Crippen LogP contribution in [0.4, 0.5) is 4.79 Å². The Kier molecular flexibility index (Phi) is 2.59. The number of carbonyl (C=O) groups excluding carboxylic acids is 2. The fourth-order valence-electron chi connectivity index (χ4n) is 1.77. The van der Waals surface area contributed by atoms with Crippen LogP contribution in [-0.4, -0.2) is 38.4 Å². The van der Waals surface area contributed by atoms with E-state index in [9.17, 15) is 19.5 Å². The number of hydrogen-bond acceptors (Lipinski definition) is 4. The lowest BCUT2D eigenvalue weighted by Crippen LogP contribution is -2.55. The normalized spacial score (nSPS) is 28.9. The fraction of sp³-hybridized carbons (Fsp3) is 0.300. The molecule has 5 nitrogen and oxygen atoms in total. The highest BCUT2D eigenvalue weighted by atomic mass is 32.2.